The number of aryl methyl sites for hydroxylation is 1. The molecule has 0 radical (unpaired) electrons. The number of nitrogens with zero attached hydrogens (tertiary/aromatic N) is 2. The number of piperidine rings is 1. The first-order valence-electron chi connectivity index (χ1n) is 8.08. The van der Waals surface area contributed by atoms with Gasteiger partial charge in [0.25, 0.3) is 0 Å². The van der Waals surface area contributed by atoms with Gasteiger partial charge in [-0.1, -0.05) is 41.2 Å². The summed E-state index contributed by atoms with van der Waals surface area (Å²) in [6, 6.07) is 8.18. The molecule has 1 saturated heterocycles. The molecule has 1 saturated carbocycles. The Bertz CT molecular complexity index is 724. The first kappa shape index (κ1) is 17.3. The van der Waals surface area contributed by atoms with Crippen molar-refractivity contribution in [3.8, 4) is 10.6 Å². The summed E-state index contributed by atoms with van der Waals surface area (Å²) in [7, 11) is 0. The summed E-state index contributed by atoms with van der Waals surface area (Å²) in [6.45, 7) is 4.11. The molecule has 5 nitrogen and oxygen atoms in total. The lowest BCUT2D eigenvalue weighted by atomic mass is 9.92. The van der Waals surface area contributed by atoms with Crippen molar-refractivity contribution >= 4 is 34.8 Å². The quantitative estimate of drug-likeness (QED) is 0.877. The van der Waals surface area contributed by atoms with Crippen LogP contribution in [0, 0.1) is 18.3 Å². The van der Waals surface area contributed by atoms with Crippen LogP contribution in [0.3, 0.4) is 0 Å². The first-order valence-corrected chi connectivity index (χ1v) is 8.90. The van der Waals surface area contributed by atoms with Crippen LogP contribution in [0.15, 0.2) is 24.3 Å². The molecule has 7 heteroatoms. The van der Waals surface area contributed by atoms with Crippen LogP contribution in [0.4, 0.5) is 5.13 Å². The molecule has 1 amide bonds. The third-order valence-corrected chi connectivity index (χ3v) is 5.95. The molecular formula is C17H21ClN4OS. The number of hydrogen-bond acceptors (Lipinski definition) is 5. The predicted molar refractivity (Wildman–Crippen MR) is 98.6 cm³/mol. The van der Waals surface area contributed by atoms with Crippen molar-refractivity contribution < 1.29 is 4.79 Å². The summed E-state index contributed by atoms with van der Waals surface area (Å²) in [6.07, 6.45) is 3.23. The molecule has 1 aromatic heterocycles. The number of rotatable bonds is 3. The van der Waals surface area contributed by atoms with Gasteiger partial charge in [-0.25, -0.2) is 0 Å². The van der Waals surface area contributed by atoms with E-state index in [0.717, 1.165) is 42.9 Å². The minimum atomic E-state index is 0. The van der Waals surface area contributed by atoms with Gasteiger partial charge in [-0.2, -0.15) is 0 Å². The molecule has 1 unspecified atom stereocenters. The van der Waals surface area contributed by atoms with Crippen molar-refractivity contribution in [2.24, 2.45) is 11.3 Å². The van der Waals surface area contributed by atoms with E-state index >= 15 is 0 Å². The van der Waals surface area contributed by atoms with Gasteiger partial charge in [0, 0.05) is 11.5 Å². The van der Waals surface area contributed by atoms with Gasteiger partial charge in [0.2, 0.25) is 11.0 Å². The molecule has 1 aromatic carbocycles. The molecule has 2 fully saturated rings. The number of hydrogen-bond donors (Lipinski definition) is 2. The Kier molecular flexibility index (Phi) is 4.90. The Morgan fingerprint density at radius 3 is 2.67 bits per heavy atom. The maximum Gasteiger partial charge on any atom is 0.229 e. The fraction of sp³-hybridized carbons (Fsp3) is 0.471. The summed E-state index contributed by atoms with van der Waals surface area (Å²) >= 11 is 1.43. The number of carbonyl (C=O) groups excluding carboxylic acids is 1. The van der Waals surface area contributed by atoms with Gasteiger partial charge < -0.3 is 10.6 Å². The summed E-state index contributed by atoms with van der Waals surface area (Å²) in [4.78, 5) is 12.4. The second-order valence-corrected chi connectivity index (χ2v) is 7.61. The molecule has 1 atom stereocenters. The van der Waals surface area contributed by atoms with Crippen molar-refractivity contribution in [2.75, 3.05) is 18.4 Å². The average molecular weight is 365 g/mol. The lowest BCUT2D eigenvalue weighted by Crippen LogP contribution is -2.31. The molecule has 4 rings (SSSR count). The monoisotopic (exact) mass is 364 g/mol. The standard InChI is InChI=1S/C17H20N4OS.ClH/c1-11-2-4-12(5-3-11)15-20-21-16(23-15)19-14(22)13-10-17(13)6-8-18-9-7-17;/h2-5,13,18H,6-10H2,1H3,(H,19,21,22);1H. The van der Waals surface area contributed by atoms with E-state index in [1.165, 1.54) is 16.9 Å². The molecule has 2 aliphatic rings. The van der Waals surface area contributed by atoms with E-state index in [0.29, 0.717) is 5.13 Å². The molecule has 2 heterocycles. The van der Waals surface area contributed by atoms with Crippen LogP contribution in [-0.2, 0) is 4.79 Å². The highest BCUT2D eigenvalue weighted by Crippen LogP contribution is 2.58. The van der Waals surface area contributed by atoms with E-state index in [1.54, 1.807) is 0 Å². The first-order chi connectivity index (χ1) is 11.2. The van der Waals surface area contributed by atoms with E-state index < -0.39 is 0 Å². The van der Waals surface area contributed by atoms with Crippen LogP contribution in [-0.4, -0.2) is 29.2 Å². The highest BCUT2D eigenvalue weighted by molar-refractivity contribution is 7.18. The van der Waals surface area contributed by atoms with Crippen LogP contribution in [0.5, 0.6) is 0 Å². The second-order valence-electron chi connectivity index (χ2n) is 6.64. The Balaban J connectivity index is 0.00000169. The van der Waals surface area contributed by atoms with Gasteiger partial charge >= 0.3 is 0 Å². The van der Waals surface area contributed by atoms with E-state index in [-0.39, 0.29) is 29.6 Å². The molecule has 1 spiro atoms. The summed E-state index contributed by atoms with van der Waals surface area (Å²) in [5.41, 5.74) is 2.50. The number of aromatic nitrogens is 2. The number of carbonyl (C=O) groups is 1. The molecule has 1 aliphatic heterocycles. The van der Waals surface area contributed by atoms with Crippen LogP contribution < -0.4 is 10.6 Å². The zero-order valence-electron chi connectivity index (χ0n) is 13.5. The minimum absolute atomic E-state index is 0. The average Bonchev–Trinajstić information content (AvgIpc) is 3.04. The van der Waals surface area contributed by atoms with Crippen molar-refractivity contribution in [3.05, 3.63) is 29.8 Å². The number of benzene rings is 1. The summed E-state index contributed by atoms with van der Waals surface area (Å²) in [5.74, 6) is 0.259. The Hall–Kier alpha value is -1.50. The Morgan fingerprint density at radius 1 is 1.25 bits per heavy atom. The normalized spacial score (nSPS) is 21.1. The molecular weight excluding hydrogens is 344 g/mol. The zero-order valence-corrected chi connectivity index (χ0v) is 15.2. The molecule has 2 aromatic rings. The van der Waals surface area contributed by atoms with Crippen molar-refractivity contribution in [1.82, 2.24) is 15.5 Å². The van der Waals surface area contributed by atoms with Gasteiger partial charge in [0.15, 0.2) is 0 Å². The highest BCUT2D eigenvalue weighted by Gasteiger charge is 2.57. The topological polar surface area (TPSA) is 66.9 Å². The Labute approximate surface area is 151 Å². The molecule has 2 N–H and O–H groups in total. The zero-order chi connectivity index (χ0) is 15.9. The summed E-state index contributed by atoms with van der Waals surface area (Å²) < 4.78 is 0. The van der Waals surface area contributed by atoms with Crippen LogP contribution in [0.2, 0.25) is 0 Å². The summed E-state index contributed by atoms with van der Waals surface area (Å²) in [5, 5.41) is 16.1. The number of halogens is 1. The number of amides is 1. The van der Waals surface area contributed by atoms with Crippen LogP contribution in [0.1, 0.15) is 24.8 Å². The predicted octanol–water partition coefficient (Wildman–Crippen LogP) is 3.26. The minimum Gasteiger partial charge on any atom is -0.317 e. The fourth-order valence-electron chi connectivity index (χ4n) is 3.47. The maximum absolute atomic E-state index is 12.4. The van der Waals surface area contributed by atoms with Crippen LogP contribution in [0.25, 0.3) is 10.6 Å². The number of nitrogens with one attached hydrogen (secondary N) is 2. The second kappa shape index (κ2) is 6.78. The highest BCUT2D eigenvalue weighted by atomic mass is 35.5. The van der Waals surface area contributed by atoms with E-state index in [2.05, 4.69) is 39.9 Å². The fourth-order valence-corrected chi connectivity index (χ4v) is 4.23. The largest absolute Gasteiger partial charge is 0.317 e. The number of anilines is 1. The molecule has 1 aliphatic carbocycles. The van der Waals surface area contributed by atoms with Gasteiger partial charge in [-0.3, -0.25) is 4.79 Å². The molecule has 128 valence electrons. The van der Waals surface area contributed by atoms with E-state index in [4.69, 9.17) is 0 Å². The smallest absolute Gasteiger partial charge is 0.229 e. The van der Waals surface area contributed by atoms with Gasteiger partial charge in [-0.05, 0) is 44.7 Å². The maximum atomic E-state index is 12.4. The molecule has 24 heavy (non-hydrogen) atoms. The third kappa shape index (κ3) is 3.31. The SMILES string of the molecule is Cc1ccc(-c2nnc(NC(=O)C3CC34CCNCC4)s2)cc1.Cl. The third-order valence-electron chi connectivity index (χ3n) is 5.06. The van der Waals surface area contributed by atoms with Crippen molar-refractivity contribution in [1.29, 1.82) is 0 Å². The van der Waals surface area contributed by atoms with E-state index in [9.17, 15) is 4.79 Å². The van der Waals surface area contributed by atoms with E-state index in [1.807, 2.05) is 12.1 Å². The van der Waals surface area contributed by atoms with Crippen molar-refractivity contribution in [2.45, 2.75) is 26.2 Å². The van der Waals surface area contributed by atoms with Crippen molar-refractivity contribution in [3.63, 3.8) is 0 Å². The van der Waals surface area contributed by atoms with Gasteiger partial charge in [0.05, 0.1) is 0 Å². The molecule has 0 bridgehead atoms. The lowest BCUT2D eigenvalue weighted by Gasteiger charge is -2.22. The lowest BCUT2D eigenvalue weighted by molar-refractivity contribution is -0.118. The van der Waals surface area contributed by atoms with Gasteiger partial charge in [-0.15, -0.1) is 22.6 Å². The Morgan fingerprint density at radius 2 is 1.96 bits per heavy atom. The van der Waals surface area contributed by atoms with Gasteiger partial charge in [0.1, 0.15) is 5.01 Å². The van der Waals surface area contributed by atoms with Crippen LogP contribution >= 0.6 is 23.7 Å².